The third-order valence-electron chi connectivity index (χ3n) is 3.51. The van der Waals surface area contributed by atoms with Crippen LogP contribution in [0.2, 0.25) is 0 Å². The summed E-state index contributed by atoms with van der Waals surface area (Å²) in [6, 6.07) is 0. The third-order valence-corrected chi connectivity index (χ3v) is 5.56. The fourth-order valence-electron chi connectivity index (χ4n) is 3.07. The zero-order chi connectivity index (χ0) is 13.0. The van der Waals surface area contributed by atoms with Crippen LogP contribution in [0.4, 0.5) is 0 Å². The van der Waals surface area contributed by atoms with E-state index in [1.165, 1.54) is 6.42 Å². The molecule has 105 valence electrons. The summed E-state index contributed by atoms with van der Waals surface area (Å²) in [5, 5.41) is 0. The van der Waals surface area contributed by atoms with Crippen molar-refractivity contribution in [3.05, 3.63) is 31.7 Å². The van der Waals surface area contributed by atoms with Crippen LogP contribution in [0.25, 0.3) is 0 Å². The van der Waals surface area contributed by atoms with Crippen LogP contribution in [0, 0.1) is 25.2 Å². The molecule has 0 aromatic rings. The van der Waals surface area contributed by atoms with Gasteiger partial charge in [0.25, 0.3) is 0 Å². The zero-order valence-corrected chi connectivity index (χ0v) is 17.0. The maximum atomic E-state index is 5.00. The molecule has 0 heterocycles. The summed E-state index contributed by atoms with van der Waals surface area (Å²) < 4.78 is 0. The van der Waals surface area contributed by atoms with Crippen molar-refractivity contribution in [2.75, 3.05) is 13.3 Å². The Morgan fingerprint density at radius 1 is 1.11 bits per heavy atom. The van der Waals surface area contributed by atoms with Crippen LogP contribution in [-0.2, 0) is 18.2 Å². The van der Waals surface area contributed by atoms with Gasteiger partial charge in [-0.15, -0.1) is 7.92 Å². The molecule has 0 nitrogen and oxygen atoms in total. The standard InChI is InChI=1S/C12H19P.CH3.3ClH.Zr/c1-9-8-10-6-4-5-7-11(10)12(9)13(2)3;;;;;/h4-7,9-12H,8H2,1-3H3;1H3;3*1H;/q;-1;;;;+3/p-3. The fourth-order valence-corrected chi connectivity index (χ4v) is 5.22. The molecule has 0 bridgehead atoms. The van der Waals surface area contributed by atoms with Crippen molar-refractivity contribution in [3.8, 4) is 0 Å². The van der Waals surface area contributed by atoms with E-state index in [4.69, 9.17) is 25.5 Å². The van der Waals surface area contributed by atoms with Gasteiger partial charge >= 0.3 is 43.7 Å². The van der Waals surface area contributed by atoms with Crippen LogP contribution in [-0.4, -0.2) is 19.0 Å². The minimum atomic E-state index is -2.13. The van der Waals surface area contributed by atoms with E-state index in [1.807, 2.05) is 0 Å². The number of hydrogen-bond donors (Lipinski definition) is 0. The molecule has 0 aromatic carbocycles. The van der Waals surface area contributed by atoms with Crippen LogP contribution < -0.4 is 0 Å². The summed E-state index contributed by atoms with van der Waals surface area (Å²) >= 11 is -2.13. The van der Waals surface area contributed by atoms with Gasteiger partial charge in [-0.2, -0.15) is 0 Å². The van der Waals surface area contributed by atoms with Crippen LogP contribution in [0.5, 0.6) is 0 Å². The first kappa shape index (κ1) is 19.7. The number of allylic oxidation sites excluding steroid dienone is 4. The van der Waals surface area contributed by atoms with E-state index in [9.17, 15) is 0 Å². The molecule has 0 N–H and O–H groups in total. The predicted molar refractivity (Wildman–Crippen MR) is 85.6 cm³/mol. The topological polar surface area (TPSA) is 0 Å². The monoisotopic (exact) mass is 404 g/mol. The van der Waals surface area contributed by atoms with Gasteiger partial charge in [0, 0.05) is 0 Å². The second kappa shape index (κ2) is 9.57. The molecule has 2 rings (SSSR count). The van der Waals surface area contributed by atoms with Gasteiger partial charge in [0.1, 0.15) is 0 Å². The van der Waals surface area contributed by atoms with E-state index in [2.05, 4.69) is 44.6 Å². The Bertz CT molecular complexity index is 289. The van der Waals surface area contributed by atoms with Gasteiger partial charge in [-0.25, -0.2) is 0 Å². The number of rotatable bonds is 1. The van der Waals surface area contributed by atoms with E-state index in [0.717, 1.165) is 23.4 Å². The molecule has 0 radical (unpaired) electrons. The van der Waals surface area contributed by atoms with Crippen LogP contribution >= 0.6 is 33.5 Å². The first-order chi connectivity index (χ1) is 7.93. The van der Waals surface area contributed by atoms with E-state index in [-0.39, 0.29) is 15.3 Å². The summed E-state index contributed by atoms with van der Waals surface area (Å²) in [4.78, 5) is 0. The molecule has 0 aliphatic heterocycles. The van der Waals surface area contributed by atoms with E-state index in [0.29, 0.717) is 0 Å². The molecule has 5 heteroatoms. The van der Waals surface area contributed by atoms with Crippen molar-refractivity contribution in [2.45, 2.75) is 19.0 Å². The average Bonchev–Trinajstić information content (AvgIpc) is 2.52. The zero-order valence-electron chi connectivity index (χ0n) is 11.4. The molecule has 1 fully saturated rings. The first-order valence-corrected chi connectivity index (χ1v) is 17.6. The molecular formula is C13H22Cl3PZr-. The van der Waals surface area contributed by atoms with Gasteiger partial charge in [0.15, 0.2) is 0 Å². The number of fused-ring (bicyclic) bond motifs is 1. The summed E-state index contributed by atoms with van der Waals surface area (Å²) in [5.41, 5.74) is 0.973. The van der Waals surface area contributed by atoms with Gasteiger partial charge in [0.2, 0.25) is 0 Å². The molecule has 0 spiro atoms. The molecule has 2 aliphatic carbocycles. The SMILES string of the molecule is CC1CC2C=CC=CC2C1P(C)C.[CH3-].[Cl][Zr]([Cl])[Cl]. The predicted octanol–water partition coefficient (Wildman–Crippen LogP) is 6.01. The normalized spacial score (nSPS) is 32.4. The Morgan fingerprint density at radius 3 is 2.11 bits per heavy atom. The molecule has 0 saturated heterocycles. The van der Waals surface area contributed by atoms with E-state index in [1.54, 1.807) is 0 Å². The van der Waals surface area contributed by atoms with Gasteiger partial charge in [0.05, 0.1) is 0 Å². The molecule has 0 aromatic heterocycles. The van der Waals surface area contributed by atoms with Gasteiger partial charge < -0.3 is 7.43 Å². The summed E-state index contributed by atoms with van der Waals surface area (Å²) in [5.74, 6) is 2.65. The Labute approximate surface area is 132 Å². The molecule has 4 atom stereocenters. The Morgan fingerprint density at radius 2 is 1.61 bits per heavy atom. The van der Waals surface area contributed by atoms with Gasteiger partial charge in [-0.05, 0) is 43.2 Å². The van der Waals surface area contributed by atoms with Crippen molar-refractivity contribution in [1.82, 2.24) is 0 Å². The molecule has 4 unspecified atom stereocenters. The Hall–Kier alpha value is 1.66. The number of hydrogen-bond acceptors (Lipinski definition) is 0. The van der Waals surface area contributed by atoms with E-state index < -0.39 is 18.2 Å². The van der Waals surface area contributed by atoms with Crippen LogP contribution in [0.15, 0.2) is 24.3 Å². The minimum absolute atomic E-state index is 0. The summed E-state index contributed by atoms with van der Waals surface area (Å²) in [7, 11) is 15.2. The van der Waals surface area contributed by atoms with Crippen molar-refractivity contribution in [3.63, 3.8) is 0 Å². The molecule has 2 aliphatic rings. The molecule has 1 saturated carbocycles. The molecule has 18 heavy (non-hydrogen) atoms. The van der Waals surface area contributed by atoms with Gasteiger partial charge in [-0.1, -0.05) is 31.2 Å². The Kier molecular flexibility index (Phi) is 10.5. The second-order valence-corrected chi connectivity index (χ2v) is 18.6. The van der Waals surface area contributed by atoms with Crippen molar-refractivity contribution in [1.29, 1.82) is 0 Å². The molecular weight excluding hydrogens is 385 g/mol. The second-order valence-electron chi connectivity index (χ2n) is 4.89. The van der Waals surface area contributed by atoms with Crippen molar-refractivity contribution in [2.24, 2.45) is 17.8 Å². The average molecular weight is 407 g/mol. The Balaban J connectivity index is 0.000000512. The third kappa shape index (κ3) is 5.97. The summed E-state index contributed by atoms with van der Waals surface area (Å²) in [6.45, 7) is 7.31. The van der Waals surface area contributed by atoms with Gasteiger partial charge in [-0.3, -0.25) is 0 Å². The number of halogens is 3. The van der Waals surface area contributed by atoms with Crippen molar-refractivity contribution < 1.29 is 18.2 Å². The van der Waals surface area contributed by atoms with Crippen molar-refractivity contribution >= 4 is 33.5 Å². The van der Waals surface area contributed by atoms with Crippen LogP contribution in [0.3, 0.4) is 0 Å². The maximum absolute atomic E-state index is 5.00. The molecule has 0 amide bonds. The first-order valence-electron chi connectivity index (χ1n) is 5.78. The van der Waals surface area contributed by atoms with E-state index >= 15 is 0 Å². The quantitative estimate of drug-likeness (QED) is 0.369. The van der Waals surface area contributed by atoms with Crippen LogP contribution in [0.1, 0.15) is 13.3 Å². The fraction of sp³-hybridized carbons (Fsp3) is 0.615. The summed E-state index contributed by atoms with van der Waals surface area (Å²) in [6.07, 6.45) is 10.7.